The molecule has 0 bridgehead atoms. The molecule has 1 saturated heterocycles. The number of nitrogens with zero attached hydrogens (tertiary/aromatic N) is 4. The van der Waals surface area contributed by atoms with Crippen LogP contribution in [0.15, 0.2) is 71.9 Å². The molecule has 0 N–H and O–H groups in total. The normalized spacial score (nSPS) is 14.9. The zero-order valence-corrected chi connectivity index (χ0v) is 23.4. The lowest BCUT2D eigenvalue weighted by Crippen LogP contribution is -2.44. The number of benzene rings is 2. The summed E-state index contributed by atoms with van der Waals surface area (Å²) >= 11 is 6.31. The Bertz CT molecular complexity index is 1590. The first-order chi connectivity index (χ1) is 18.5. The van der Waals surface area contributed by atoms with Crippen LogP contribution in [0.1, 0.15) is 33.6 Å². The summed E-state index contributed by atoms with van der Waals surface area (Å²) in [5.41, 5.74) is 0.728. The molecule has 0 aliphatic carbocycles. The van der Waals surface area contributed by atoms with Crippen molar-refractivity contribution in [1.29, 1.82) is 0 Å². The molecule has 1 aliphatic heterocycles. The van der Waals surface area contributed by atoms with Gasteiger partial charge in [0.1, 0.15) is 28.9 Å². The van der Waals surface area contributed by atoms with E-state index in [-0.39, 0.29) is 27.9 Å². The van der Waals surface area contributed by atoms with Gasteiger partial charge in [-0.3, -0.25) is 0 Å². The van der Waals surface area contributed by atoms with Gasteiger partial charge in [0, 0.05) is 25.9 Å². The molecular formula is C28H29ClN4O5S. The van der Waals surface area contributed by atoms with Gasteiger partial charge in [0.05, 0.1) is 16.0 Å². The highest BCUT2D eigenvalue weighted by Crippen LogP contribution is 2.34. The standard InChI is InChI=1S/C28H29ClN4O5S/c1-28(2,3)38-27(34)32-15-13-21(14-16-32)37-20-11-9-19(10-12-20)24-17-23-25(29)30-18-31-26(23)33(24)39(35,36)22-7-5-4-6-8-22/h4-12,17-18,21H,13-16H2,1-3H3. The number of halogens is 1. The number of likely N-dealkylation sites (tertiary alicyclic amines) is 1. The first kappa shape index (κ1) is 27.0. The van der Waals surface area contributed by atoms with Crippen molar-refractivity contribution in [2.45, 2.75) is 50.2 Å². The van der Waals surface area contributed by atoms with Crippen LogP contribution in [0.4, 0.5) is 4.79 Å². The zero-order chi connectivity index (χ0) is 27.8. The molecule has 204 valence electrons. The second kappa shape index (κ2) is 10.5. The summed E-state index contributed by atoms with van der Waals surface area (Å²) < 4.78 is 40.2. The van der Waals surface area contributed by atoms with E-state index in [2.05, 4.69) is 9.97 Å². The SMILES string of the molecule is CC(C)(C)OC(=O)N1CCC(Oc2ccc(-c3cc4c(Cl)ncnc4n3S(=O)(=O)c3ccccc3)cc2)CC1. The predicted octanol–water partition coefficient (Wildman–Crippen LogP) is 5.77. The van der Waals surface area contributed by atoms with Crippen molar-refractivity contribution >= 4 is 38.8 Å². The molecule has 0 saturated carbocycles. The van der Waals surface area contributed by atoms with Gasteiger partial charge < -0.3 is 14.4 Å². The van der Waals surface area contributed by atoms with Crippen LogP contribution in [0.3, 0.4) is 0 Å². The summed E-state index contributed by atoms with van der Waals surface area (Å²) in [6.07, 6.45) is 2.25. The van der Waals surface area contributed by atoms with Crippen LogP contribution in [0.25, 0.3) is 22.3 Å². The van der Waals surface area contributed by atoms with Gasteiger partial charge in [-0.25, -0.2) is 27.2 Å². The molecule has 5 rings (SSSR count). The molecule has 9 nitrogen and oxygen atoms in total. The van der Waals surface area contributed by atoms with Crippen LogP contribution < -0.4 is 4.74 Å². The van der Waals surface area contributed by atoms with E-state index in [0.29, 0.717) is 48.3 Å². The molecule has 0 spiro atoms. The molecule has 0 radical (unpaired) electrons. The number of rotatable bonds is 5. The van der Waals surface area contributed by atoms with Crippen molar-refractivity contribution < 1.29 is 22.7 Å². The monoisotopic (exact) mass is 568 g/mol. The zero-order valence-electron chi connectivity index (χ0n) is 21.9. The molecule has 1 fully saturated rings. The number of hydrogen-bond donors (Lipinski definition) is 0. The highest BCUT2D eigenvalue weighted by molar-refractivity contribution is 7.90. The molecule has 11 heteroatoms. The summed E-state index contributed by atoms with van der Waals surface area (Å²) in [6, 6.07) is 17.1. The predicted molar refractivity (Wildman–Crippen MR) is 148 cm³/mol. The molecular weight excluding hydrogens is 540 g/mol. The minimum absolute atomic E-state index is 0.0477. The van der Waals surface area contributed by atoms with E-state index in [1.165, 1.54) is 10.3 Å². The average molecular weight is 569 g/mol. The lowest BCUT2D eigenvalue weighted by molar-refractivity contribution is 0.0126. The van der Waals surface area contributed by atoms with E-state index in [1.54, 1.807) is 65.6 Å². The minimum atomic E-state index is -3.98. The van der Waals surface area contributed by atoms with Gasteiger partial charge in [0.15, 0.2) is 5.65 Å². The Balaban J connectivity index is 1.37. The number of carbonyl (C=O) groups is 1. The summed E-state index contributed by atoms with van der Waals surface area (Å²) in [5, 5.41) is 0.603. The Morgan fingerprint density at radius 2 is 1.67 bits per heavy atom. The third-order valence-corrected chi connectivity index (χ3v) is 8.35. The van der Waals surface area contributed by atoms with E-state index in [9.17, 15) is 13.2 Å². The van der Waals surface area contributed by atoms with E-state index >= 15 is 0 Å². The number of carbonyl (C=O) groups excluding carboxylic acids is 1. The van der Waals surface area contributed by atoms with Crippen molar-refractivity contribution in [1.82, 2.24) is 18.8 Å². The Morgan fingerprint density at radius 3 is 2.31 bits per heavy atom. The fourth-order valence-corrected chi connectivity index (χ4v) is 6.17. The Hall–Kier alpha value is -3.63. The molecule has 39 heavy (non-hydrogen) atoms. The lowest BCUT2D eigenvalue weighted by Gasteiger charge is -2.33. The molecule has 0 unspecified atom stereocenters. The molecule has 2 aromatic carbocycles. The number of hydrogen-bond acceptors (Lipinski definition) is 7. The van der Waals surface area contributed by atoms with Gasteiger partial charge in [-0.2, -0.15) is 0 Å². The van der Waals surface area contributed by atoms with Crippen molar-refractivity contribution in [3.05, 3.63) is 72.1 Å². The Labute approximate surface area is 232 Å². The van der Waals surface area contributed by atoms with Gasteiger partial charge in [-0.15, -0.1) is 0 Å². The Morgan fingerprint density at radius 1 is 1.00 bits per heavy atom. The van der Waals surface area contributed by atoms with Crippen molar-refractivity contribution in [2.24, 2.45) is 0 Å². The quantitative estimate of drug-likeness (QED) is 0.282. The van der Waals surface area contributed by atoms with Crippen molar-refractivity contribution in [3.8, 4) is 17.0 Å². The maximum Gasteiger partial charge on any atom is 0.410 e. The highest BCUT2D eigenvalue weighted by Gasteiger charge is 2.28. The fourth-order valence-electron chi connectivity index (χ4n) is 4.48. The van der Waals surface area contributed by atoms with Gasteiger partial charge in [0.2, 0.25) is 0 Å². The van der Waals surface area contributed by atoms with Crippen LogP contribution in [0, 0.1) is 0 Å². The van der Waals surface area contributed by atoms with E-state index < -0.39 is 15.6 Å². The summed E-state index contributed by atoms with van der Waals surface area (Å²) in [7, 11) is -3.98. The van der Waals surface area contributed by atoms with Gasteiger partial charge in [-0.05, 0) is 68.8 Å². The van der Waals surface area contributed by atoms with E-state index in [4.69, 9.17) is 21.1 Å². The first-order valence-corrected chi connectivity index (χ1v) is 14.4. The largest absolute Gasteiger partial charge is 0.490 e. The Kier molecular flexibility index (Phi) is 7.26. The van der Waals surface area contributed by atoms with Crippen LogP contribution in [-0.2, 0) is 14.8 Å². The summed E-state index contributed by atoms with van der Waals surface area (Å²) in [5.74, 6) is 0.654. The number of piperidine rings is 1. The first-order valence-electron chi connectivity index (χ1n) is 12.6. The van der Waals surface area contributed by atoms with E-state index in [0.717, 1.165) is 0 Å². The topological polar surface area (TPSA) is 104 Å². The second-order valence-corrected chi connectivity index (χ2v) is 12.5. The van der Waals surface area contributed by atoms with Crippen LogP contribution in [-0.4, -0.2) is 58.1 Å². The number of fused-ring (bicyclic) bond motifs is 1. The lowest BCUT2D eigenvalue weighted by atomic mass is 10.1. The molecule has 1 aliphatic rings. The third kappa shape index (κ3) is 5.72. The smallest absolute Gasteiger partial charge is 0.410 e. The number of ether oxygens (including phenoxy) is 2. The van der Waals surface area contributed by atoms with Crippen molar-refractivity contribution in [2.75, 3.05) is 13.1 Å². The molecule has 4 aromatic rings. The number of amides is 1. The van der Waals surface area contributed by atoms with Gasteiger partial charge in [0.25, 0.3) is 10.0 Å². The highest BCUT2D eigenvalue weighted by atomic mass is 35.5. The maximum atomic E-state index is 13.7. The summed E-state index contributed by atoms with van der Waals surface area (Å²) in [6.45, 7) is 6.66. The minimum Gasteiger partial charge on any atom is -0.490 e. The second-order valence-electron chi connectivity index (χ2n) is 10.3. The van der Waals surface area contributed by atoms with Gasteiger partial charge >= 0.3 is 6.09 Å². The van der Waals surface area contributed by atoms with Gasteiger partial charge in [-0.1, -0.05) is 29.8 Å². The fraction of sp³-hybridized carbons (Fsp3) is 0.321. The summed E-state index contributed by atoms with van der Waals surface area (Å²) in [4.78, 5) is 22.4. The maximum absolute atomic E-state index is 13.7. The van der Waals surface area contributed by atoms with Crippen LogP contribution in [0.2, 0.25) is 5.15 Å². The third-order valence-electron chi connectivity index (χ3n) is 6.33. The molecule has 3 heterocycles. The van der Waals surface area contributed by atoms with Crippen LogP contribution in [0.5, 0.6) is 5.75 Å². The van der Waals surface area contributed by atoms with Crippen LogP contribution >= 0.6 is 11.6 Å². The molecule has 2 aromatic heterocycles. The van der Waals surface area contributed by atoms with E-state index in [1.807, 2.05) is 20.8 Å². The number of aromatic nitrogens is 3. The molecule has 1 amide bonds. The average Bonchev–Trinajstić information content (AvgIpc) is 3.31. The molecule has 0 atom stereocenters. The van der Waals surface area contributed by atoms with Crippen molar-refractivity contribution in [3.63, 3.8) is 0 Å².